The summed E-state index contributed by atoms with van der Waals surface area (Å²) in [7, 11) is 1.78. The minimum Gasteiger partial charge on any atom is -0.443 e. The number of hydrogen-bond donors (Lipinski definition) is 2. The molecule has 0 saturated carbocycles. The lowest BCUT2D eigenvalue weighted by Gasteiger charge is -2.38. The first-order valence-corrected chi connectivity index (χ1v) is 9.96. The molecule has 0 atom stereocenters. The third kappa shape index (κ3) is 4.93. The van der Waals surface area contributed by atoms with E-state index in [9.17, 15) is 0 Å². The Bertz CT molecular complexity index is 771. The summed E-state index contributed by atoms with van der Waals surface area (Å²) >= 11 is 0. The molecule has 152 valence electrons. The van der Waals surface area contributed by atoms with Crippen LogP contribution in [-0.2, 0) is 22.1 Å². The zero-order chi connectivity index (χ0) is 20.0. The standard InChI is InChI=1S/C22H32N4O2/c1-21(2,3)18-14-24-19(28-18)15-25-20(23-4)26-16-22(10-12-27-13-11-22)17-8-6-5-7-9-17/h5-9,14H,10-13,15-16H2,1-4H3,(H2,23,25,26). The summed E-state index contributed by atoms with van der Waals surface area (Å²) in [6.07, 6.45) is 3.80. The van der Waals surface area contributed by atoms with Crippen molar-refractivity contribution in [3.8, 4) is 0 Å². The Labute approximate surface area is 167 Å². The molecule has 1 aliphatic rings. The highest BCUT2D eigenvalue weighted by Gasteiger charge is 2.34. The summed E-state index contributed by atoms with van der Waals surface area (Å²) in [4.78, 5) is 8.73. The van der Waals surface area contributed by atoms with E-state index in [1.54, 1.807) is 13.2 Å². The van der Waals surface area contributed by atoms with Crippen LogP contribution in [0.1, 0.15) is 50.8 Å². The maximum Gasteiger partial charge on any atom is 0.213 e. The zero-order valence-corrected chi connectivity index (χ0v) is 17.4. The van der Waals surface area contributed by atoms with Gasteiger partial charge in [-0.1, -0.05) is 51.1 Å². The molecule has 1 aromatic carbocycles. The predicted molar refractivity (Wildman–Crippen MR) is 112 cm³/mol. The lowest BCUT2D eigenvalue weighted by atomic mass is 9.74. The van der Waals surface area contributed by atoms with Crippen LogP contribution in [0, 0.1) is 0 Å². The van der Waals surface area contributed by atoms with Gasteiger partial charge in [-0.3, -0.25) is 4.99 Å². The summed E-state index contributed by atoms with van der Waals surface area (Å²) in [5.41, 5.74) is 1.36. The van der Waals surface area contributed by atoms with Crippen molar-refractivity contribution < 1.29 is 9.15 Å². The van der Waals surface area contributed by atoms with Gasteiger partial charge in [0.05, 0.1) is 12.7 Å². The predicted octanol–water partition coefficient (Wildman–Crippen LogP) is 3.39. The molecule has 0 amide bonds. The summed E-state index contributed by atoms with van der Waals surface area (Å²) < 4.78 is 11.5. The molecule has 1 fully saturated rings. The SMILES string of the molecule is CN=C(NCc1ncc(C(C)(C)C)o1)NCC1(c2ccccc2)CCOCC1. The van der Waals surface area contributed by atoms with Crippen LogP contribution in [0.25, 0.3) is 0 Å². The number of rotatable bonds is 5. The fraction of sp³-hybridized carbons (Fsp3) is 0.545. The summed E-state index contributed by atoms with van der Waals surface area (Å²) in [5, 5.41) is 6.81. The van der Waals surface area contributed by atoms with E-state index < -0.39 is 0 Å². The molecule has 0 aliphatic carbocycles. The molecule has 3 rings (SSSR count). The van der Waals surface area contributed by atoms with Crippen molar-refractivity contribution in [2.75, 3.05) is 26.8 Å². The number of nitrogens with zero attached hydrogens (tertiary/aromatic N) is 2. The summed E-state index contributed by atoms with van der Waals surface area (Å²) in [5.74, 6) is 2.30. The third-order valence-electron chi connectivity index (χ3n) is 5.35. The summed E-state index contributed by atoms with van der Waals surface area (Å²) in [6, 6.07) is 10.7. The molecule has 1 aliphatic heterocycles. The van der Waals surface area contributed by atoms with Gasteiger partial charge in [0.2, 0.25) is 5.89 Å². The average molecular weight is 385 g/mol. The Morgan fingerprint density at radius 1 is 1.14 bits per heavy atom. The van der Waals surface area contributed by atoms with Crippen molar-refractivity contribution in [2.24, 2.45) is 4.99 Å². The van der Waals surface area contributed by atoms with E-state index in [0.717, 1.165) is 44.3 Å². The minimum absolute atomic E-state index is 0.0453. The number of aliphatic imine (C=N–C) groups is 1. The first kappa shape index (κ1) is 20.4. The highest BCUT2D eigenvalue weighted by molar-refractivity contribution is 5.79. The second kappa shape index (κ2) is 8.78. The normalized spacial score (nSPS) is 17.4. The van der Waals surface area contributed by atoms with E-state index >= 15 is 0 Å². The molecule has 1 saturated heterocycles. The third-order valence-corrected chi connectivity index (χ3v) is 5.35. The molecule has 28 heavy (non-hydrogen) atoms. The first-order chi connectivity index (χ1) is 13.4. The van der Waals surface area contributed by atoms with Crippen molar-refractivity contribution in [3.05, 3.63) is 53.7 Å². The Kier molecular flexibility index (Phi) is 6.39. The molecule has 6 heteroatoms. The molecule has 0 spiro atoms. The van der Waals surface area contributed by atoms with Gasteiger partial charge in [-0.05, 0) is 18.4 Å². The van der Waals surface area contributed by atoms with Crippen LogP contribution >= 0.6 is 0 Å². The number of hydrogen-bond acceptors (Lipinski definition) is 4. The van der Waals surface area contributed by atoms with E-state index in [1.165, 1.54) is 5.56 Å². The summed E-state index contributed by atoms with van der Waals surface area (Å²) in [6.45, 7) is 9.21. The van der Waals surface area contributed by atoms with Crippen molar-refractivity contribution in [2.45, 2.75) is 51.0 Å². The van der Waals surface area contributed by atoms with E-state index in [2.05, 4.69) is 71.7 Å². The maximum absolute atomic E-state index is 5.85. The number of aromatic nitrogens is 1. The highest BCUT2D eigenvalue weighted by atomic mass is 16.5. The maximum atomic E-state index is 5.85. The molecular formula is C22H32N4O2. The van der Waals surface area contributed by atoms with Crippen molar-refractivity contribution in [1.82, 2.24) is 15.6 Å². The van der Waals surface area contributed by atoms with E-state index in [1.807, 2.05) is 0 Å². The molecule has 2 heterocycles. The van der Waals surface area contributed by atoms with Gasteiger partial charge in [-0.25, -0.2) is 4.98 Å². The van der Waals surface area contributed by atoms with Gasteiger partial charge in [-0.2, -0.15) is 0 Å². The van der Waals surface area contributed by atoms with Crippen LogP contribution in [0.2, 0.25) is 0 Å². The smallest absolute Gasteiger partial charge is 0.213 e. The topological polar surface area (TPSA) is 71.7 Å². The molecule has 0 unspecified atom stereocenters. The number of oxazole rings is 1. The largest absolute Gasteiger partial charge is 0.443 e. The lowest BCUT2D eigenvalue weighted by Crippen LogP contribution is -2.47. The second-order valence-electron chi connectivity index (χ2n) is 8.41. The molecule has 1 aromatic heterocycles. The fourth-order valence-electron chi connectivity index (χ4n) is 3.49. The van der Waals surface area contributed by atoms with Gasteiger partial charge >= 0.3 is 0 Å². The van der Waals surface area contributed by atoms with Gasteiger partial charge < -0.3 is 19.8 Å². The zero-order valence-electron chi connectivity index (χ0n) is 17.4. The molecule has 0 radical (unpaired) electrons. The van der Waals surface area contributed by atoms with Crippen LogP contribution < -0.4 is 10.6 Å². The van der Waals surface area contributed by atoms with Gasteiger partial charge in [0.1, 0.15) is 5.76 Å². The molecule has 2 N–H and O–H groups in total. The Morgan fingerprint density at radius 2 is 1.86 bits per heavy atom. The monoisotopic (exact) mass is 384 g/mol. The van der Waals surface area contributed by atoms with E-state index in [4.69, 9.17) is 9.15 Å². The van der Waals surface area contributed by atoms with Gasteiger partial charge in [0.25, 0.3) is 0 Å². The Balaban J connectivity index is 1.61. The van der Waals surface area contributed by atoms with Crippen molar-refractivity contribution in [3.63, 3.8) is 0 Å². The van der Waals surface area contributed by atoms with Crippen LogP contribution in [0.15, 0.2) is 45.9 Å². The molecular weight excluding hydrogens is 352 g/mol. The van der Waals surface area contributed by atoms with Gasteiger partial charge in [-0.15, -0.1) is 0 Å². The first-order valence-electron chi connectivity index (χ1n) is 9.96. The number of benzene rings is 1. The number of guanidine groups is 1. The molecule has 6 nitrogen and oxygen atoms in total. The van der Waals surface area contributed by atoms with Crippen molar-refractivity contribution in [1.29, 1.82) is 0 Å². The lowest BCUT2D eigenvalue weighted by molar-refractivity contribution is 0.0514. The fourth-order valence-corrected chi connectivity index (χ4v) is 3.49. The second-order valence-corrected chi connectivity index (χ2v) is 8.41. The quantitative estimate of drug-likeness (QED) is 0.611. The van der Waals surface area contributed by atoms with Gasteiger partial charge in [0.15, 0.2) is 5.96 Å². The number of nitrogens with one attached hydrogen (secondary N) is 2. The van der Waals surface area contributed by atoms with Crippen LogP contribution in [0.5, 0.6) is 0 Å². The molecule has 2 aromatic rings. The Morgan fingerprint density at radius 3 is 2.46 bits per heavy atom. The van der Waals surface area contributed by atoms with E-state index in [-0.39, 0.29) is 10.8 Å². The van der Waals surface area contributed by atoms with Crippen molar-refractivity contribution >= 4 is 5.96 Å². The van der Waals surface area contributed by atoms with Gasteiger partial charge in [0, 0.05) is 37.6 Å². The van der Waals surface area contributed by atoms with Crippen LogP contribution in [0.3, 0.4) is 0 Å². The average Bonchev–Trinajstić information content (AvgIpc) is 3.19. The molecule has 0 bridgehead atoms. The minimum atomic E-state index is -0.0453. The Hall–Kier alpha value is -2.34. The number of ether oxygens (including phenoxy) is 1. The van der Waals surface area contributed by atoms with Crippen LogP contribution in [-0.4, -0.2) is 37.7 Å². The van der Waals surface area contributed by atoms with E-state index in [0.29, 0.717) is 12.4 Å². The van der Waals surface area contributed by atoms with Crippen LogP contribution in [0.4, 0.5) is 0 Å². The highest BCUT2D eigenvalue weighted by Crippen LogP contribution is 2.34.